The fraction of sp³-hybridized carbons (Fsp3) is 0. The Hall–Kier alpha value is -0.800. The molecule has 0 saturated carbocycles. The molecule has 0 bridgehead atoms. The standard InChI is InChI=1S/C7H4ClNOS/c8-4-2-1-3-5-6(4)11-7(10)9-5/h1-3H,(H,9,10). The van der Waals surface area contributed by atoms with Crippen LogP contribution < -0.4 is 4.87 Å². The van der Waals surface area contributed by atoms with E-state index in [9.17, 15) is 4.79 Å². The molecule has 0 radical (unpaired) electrons. The number of hydrogen-bond donors (Lipinski definition) is 1. The van der Waals surface area contributed by atoms with Gasteiger partial charge in [0.2, 0.25) is 0 Å². The van der Waals surface area contributed by atoms with Crippen molar-refractivity contribution in [2.24, 2.45) is 0 Å². The number of thiazole rings is 1. The van der Waals surface area contributed by atoms with Gasteiger partial charge in [-0.1, -0.05) is 29.0 Å². The highest BCUT2D eigenvalue weighted by Gasteiger charge is 2.00. The molecule has 1 aromatic carbocycles. The van der Waals surface area contributed by atoms with Gasteiger partial charge in [0.1, 0.15) is 0 Å². The largest absolute Gasteiger partial charge is 0.312 e. The lowest BCUT2D eigenvalue weighted by atomic mass is 10.3. The van der Waals surface area contributed by atoms with E-state index in [0.29, 0.717) is 5.02 Å². The Morgan fingerprint density at radius 3 is 3.00 bits per heavy atom. The molecule has 0 saturated heterocycles. The Labute approximate surface area is 71.4 Å². The minimum Gasteiger partial charge on any atom is -0.312 e. The van der Waals surface area contributed by atoms with Crippen molar-refractivity contribution in [3.05, 3.63) is 32.9 Å². The second-order valence-corrected chi connectivity index (χ2v) is 3.52. The molecular formula is C7H4ClNOS. The average Bonchev–Trinajstić information content (AvgIpc) is 2.31. The Morgan fingerprint density at radius 1 is 1.45 bits per heavy atom. The quantitative estimate of drug-likeness (QED) is 0.671. The number of fused-ring (bicyclic) bond motifs is 1. The van der Waals surface area contributed by atoms with Crippen LogP contribution in [0.15, 0.2) is 23.0 Å². The second kappa shape index (κ2) is 2.36. The van der Waals surface area contributed by atoms with Crippen molar-refractivity contribution in [3.8, 4) is 0 Å². The van der Waals surface area contributed by atoms with Gasteiger partial charge in [-0.25, -0.2) is 0 Å². The highest BCUT2D eigenvalue weighted by atomic mass is 35.5. The Morgan fingerprint density at radius 2 is 2.27 bits per heavy atom. The van der Waals surface area contributed by atoms with Crippen molar-refractivity contribution in [1.29, 1.82) is 0 Å². The van der Waals surface area contributed by atoms with Crippen molar-refractivity contribution in [2.45, 2.75) is 0 Å². The van der Waals surface area contributed by atoms with Crippen LogP contribution in [-0.4, -0.2) is 4.98 Å². The molecule has 11 heavy (non-hydrogen) atoms. The van der Waals surface area contributed by atoms with Crippen LogP contribution >= 0.6 is 22.9 Å². The number of H-pyrrole nitrogens is 1. The number of nitrogens with one attached hydrogen (secondary N) is 1. The first-order valence-corrected chi connectivity index (χ1v) is 4.24. The molecular weight excluding hydrogens is 182 g/mol. The van der Waals surface area contributed by atoms with Gasteiger partial charge in [0.25, 0.3) is 0 Å². The first kappa shape index (κ1) is 6.88. The molecule has 0 atom stereocenters. The van der Waals surface area contributed by atoms with Gasteiger partial charge in [0.15, 0.2) is 0 Å². The third kappa shape index (κ3) is 1.06. The summed E-state index contributed by atoms with van der Waals surface area (Å²) in [4.78, 5) is 13.5. The maximum Gasteiger partial charge on any atom is 0.305 e. The molecule has 0 aliphatic carbocycles. The third-order valence-corrected chi connectivity index (χ3v) is 2.76. The van der Waals surface area contributed by atoms with Crippen LogP contribution in [0.1, 0.15) is 0 Å². The predicted molar refractivity (Wildman–Crippen MR) is 47.5 cm³/mol. The third-order valence-electron chi connectivity index (χ3n) is 1.40. The summed E-state index contributed by atoms with van der Waals surface area (Å²) in [6, 6.07) is 5.42. The molecule has 0 spiro atoms. The molecule has 0 aliphatic rings. The molecule has 0 aliphatic heterocycles. The molecule has 1 heterocycles. The molecule has 0 fully saturated rings. The zero-order valence-corrected chi connectivity index (χ0v) is 7.00. The molecule has 0 unspecified atom stereocenters. The number of halogens is 1. The van der Waals surface area contributed by atoms with E-state index in [0.717, 1.165) is 21.6 Å². The van der Waals surface area contributed by atoms with Crippen LogP contribution in [0.4, 0.5) is 0 Å². The fourth-order valence-corrected chi connectivity index (χ4v) is 1.97. The molecule has 1 aromatic heterocycles. The zero-order chi connectivity index (χ0) is 7.84. The first-order valence-electron chi connectivity index (χ1n) is 3.05. The van der Waals surface area contributed by atoms with E-state index in [1.807, 2.05) is 12.1 Å². The van der Waals surface area contributed by atoms with Gasteiger partial charge in [-0.15, -0.1) is 0 Å². The number of rotatable bonds is 0. The minimum atomic E-state index is -0.0619. The fourth-order valence-electron chi connectivity index (χ4n) is 0.939. The highest BCUT2D eigenvalue weighted by molar-refractivity contribution is 7.17. The van der Waals surface area contributed by atoms with Crippen LogP contribution in [0.3, 0.4) is 0 Å². The van der Waals surface area contributed by atoms with Crippen LogP contribution in [0.5, 0.6) is 0 Å². The SMILES string of the molecule is O=c1[nH]c2cccc(Cl)c2s1. The average molecular weight is 186 g/mol. The highest BCUT2D eigenvalue weighted by Crippen LogP contribution is 2.23. The molecule has 56 valence electrons. The van der Waals surface area contributed by atoms with E-state index < -0.39 is 0 Å². The lowest BCUT2D eigenvalue weighted by Gasteiger charge is -1.88. The van der Waals surface area contributed by atoms with Gasteiger partial charge in [-0.05, 0) is 12.1 Å². The zero-order valence-electron chi connectivity index (χ0n) is 5.43. The normalized spacial score (nSPS) is 10.6. The van der Waals surface area contributed by atoms with E-state index in [-0.39, 0.29) is 4.87 Å². The van der Waals surface area contributed by atoms with Crippen molar-refractivity contribution in [2.75, 3.05) is 0 Å². The molecule has 1 N–H and O–H groups in total. The second-order valence-electron chi connectivity index (χ2n) is 2.13. The lowest BCUT2D eigenvalue weighted by Crippen LogP contribution is -1.89. The van der Waals surface area contributed by atoms with Gasteiger partial charge in [-0.2, -0.15) is 0 Å². The number of aromatic amines is 1. The van der Waals surface area contributed by atoms with Crippen molar-refractivity contribution in [1.82, 2.24) is 4.98 Å². The summed E-state index contributed by atoms with van der Waals surface area (Å²) in [5.74, 6) is 0. The summed E-state index contributed by atoms with van der Waals surface area (Å²) in [6.07, 6.45) is 0. The van der Waals surface area contributed by atoms with Gasteiger partial charge in [0.05, 0.1) is 15.2 Å². The summed E-state index contributed by atoms with van der Waals surface area (Å²) in [5, 5.41) is 0.630. The molecule has 2 nitrogen and oxygen atoms in total. The van der Waals surface area contributed by atoms with E-state index in [2.05, 4.69) is 4.98 Å². The monoisotopic (exact) mass is 185 g/mol. The maximum absolute atomic E-state index is 10.8. The first-order chi connectivity index (χ1) is 5.27. The maximum atomic E-state index is 10.8. The van der Waals surface area contributed by atoms with Crippen LogP contribution in [-0.2, 0) is 0 Å². The molecule has 2 rings (SSSR count). The smallest absolute Gasteiger partial charge is 0.305 e. The molecule has 4 heteroatoms. The number of aromatic nitrogens is 1. The van der Waals surface area contributed by atoms with Crippen molar-refractivity contribution in [3.63, 3.8) is 0 Å². The van der Waals surface area contributed by atoms with E-state index in [1.165, 1.54) is 0 Å². The Balaban J connectivity index is 3.01. The van der Waals surface area contributed by atoms with Gasteiger partial charge < -0.3 is 4.98 Å². The van der Waals surface area contributed by atoms with Crippen LogP contribution in [0, 0.1) is 0 Å². The van der Waals surface area contributed by atoms with E-state index >= 15 is 0 Å². The van der Waals surface area contributed by atoms with Gasteiger partial charge in [0, 0.05) is 0 Å². The van der Waals surface area contributed by atoms with Crippen LogP contribution in [0.25, 0.3) is 10.2 Å². The lowest BCUT2D eigenvalue weighted by molar-refractivity contribution is 1.41. The van der Waals surface area contributed by atoms with Crippen molar-refractivity contribution < 1.29 is 0 Å². The summed E-state index contributed by atoms with van der Waals surface area (Å²) < 4.78 is 0.833. The van der Waals surface area contributed by atoms with Crippen LogP contribution in [0.2, 0.25) is 5.02 Å². The summed E-state index contributed by atoms with van der Waals surface area (Å²) >= 11 is 6.96. The van der Waals surface area contributed by atoms with E-state index in [4.69, 9.17) is 11.6 Å². The summed E-state index contributed by atoms with van der Waals surface area (Å²) in [5.41, 5.74) is 0.813. The summed E-state index contributed by atoms with van der Waals surface area (Å²) in [6.45, 7) is 0. The number of benzene rings is 1. The number of hydrogen-bond acceptors (Lipinski definition) is 2. The summed E-state index contributed by atoms with van der Waals surface area (Å²) in [7, 11) is 0. The molecule has 2 aromatic rings. The van der Waals surface area contributed by atoms with Crippen molar-refractivity contribution >= 4 is 33.2 Å². The Bertz CT molecular complexity index is 445. The van der Waals surface area contributed by atoms with Gasteiger partial charge in [-0.3, -0.25) is 4.79 Å². The van der Waals surface area contributed by atoms with Gasteiger partial charge >= 0.3 is 4.87 Å². The molecule has 0 amide bonds. The Kier molecular flexibility index (Phi) is 1.47. The minimum absolute atomic E-state index is 0.0619. The van der Waals surface area contributed by atoms with E-state index in [1.54, 1.807) is 6.07 Å². The predicted octanol–water partition coefficient (Wildman–Crippen LogP) is 2.24. The topological polar surface area (TPSA) is 32.9 Å².